The number of amides is 1. The number of rotatable bonds is 1. The molecule has 1 aliphatic heterocycles. The first-order valence-electron chi connectivity index (χ1n) is 5.45. The molecule has 1 amide bonds. The molecule has 0 aliphatic carbocycles. The average molecular weight is 245 g/mol. The second-order valence-corrected chi connectivity index (χ2v) is 5.44. The summed E-state index contributed by atoms with van der Waals surface area (Å²) in [6.07, 6.45) is 0. The minimum absolute atomic E-state index is 0.0246. The molecule has 0 saturated carbocycles. The van der Waals surface area contributed by atoms with Crippen LogP contribution in [0.25, 0.3) is 10.1 Å². The van der Waals surface area contributed by atoms with Crippen molar-refractivity contribution in [2.45, 2.75) is 6.92 Å². The van der Waals surface area contributed by atoms with Gasteiger partial charge in [-0.15, -0.1) is 11.3 Å². The van der Waals surface area contributed by atoms with E-state index in [-0.39, 0.29) is 24.8 Å². The molecule has 2 aromatic rings. The first-order chi connectivity index (χ1) is 8.13. The van der Waals surface area contributed by atoms with Gasteiger partial charge in [0, 0.05) is 4.70 Å². The number of likely N-dealkylation sites (tertiary alicyclic amines) is 1. The molecule has 1 aromatic carbocycles. The molecule has 4 heteroatoms. The van der Waals surface area contributed by atoms with E-state index in [2.05, 4.69) is 6.07 Å². The van der Waals surface area contributed by atoms with E-state index in [4.69, 9.17) is 0 Å². The monoisotopic (exact) mass is 245 g/mol. The first-order valence-corrected chi connectivity index (χ1v) is 6.26. The van der Waals surface area contributed by atoms with Gasteiger partial charge in [0.25, 0.3) is 5.91 Å². The van der Waals surface area contributed by atoms with Gasteiger partial charge in [-0.25, -0.2) is 0 Å². The highest BCUT2D eigenvalue weighted by molar-refractivity contribution is 7.20. The molecular weight excluding hydrogens is 234 g/mol. The lowest BCUT2D eigenvalue weighted by Crippen LogP contribution is -2.50. The van der Waals surface area contributed by atoms with Crippen LogP contribution in [0.3, 0.4) is 0 Å². The number of carbonyl (C=O) groups is 2. The Morgan fingerprint density at radius 2 is 2.06 bits per heavy atom. The Morgan fingerprint density at radius 1 is 1.29 bits per heavy atom. The van der Waals surface area contributed by atoms with Crippen LogP contribution in [0.1, 0.15) is 15.2 Å². The highest BCUT2D eigenvalue weighted by atomic mass is 32.1. The summed E-state index contributed by atoms with van der Waals surface area (Å²) in [5.74, 6) is 0.110. The van der Waals surface area contributed by atoms with Crippen molar-refractivity contribution < 1.29 is 9.59 Å². The van der Waals surface area contributed by atoms with Gasteiger partial charge in [0.15, 0.2) is 5.78 Å². The lowest BCUT2D eigenvalue weighted by molar-refractivity contribution is -0.127. The van der Waals surface area contributed by atoms with Crippen LogP contribution < -0.4 is 0 Å². The van der Waals surface area contributed by atoms with Crippen LogP contribution >= 0.6 is 11.3 Å². The number of benzene rings is 1. The highest BCUT2D eigenvalue weighted by Gasteiger charge is 2.29. The Hall–Kier alpha value is -1.68. The third-order valence-electron chi connectivity index (χ3n) is 2.91. The Labute approximate surface area is 103 Å². The van der Waals surface area contributed by atoms with E-state index < -0.39 is 0 Å². The largest absolute Gasteiger partial charge is 0.323 e. The van der Waals surface area contributed by atoms with Gasteiger partial charge in [-0.3, -0.25) is 9.59 Å². The van der Waals surface area contributed by atoms with Gasteiger partial charge in [0.05, 0.1) is 18.0 Å². The maximum absolute atomic E-state index is 12.0. The quantitative estimate of drug-likeness (QED) is 0.772. The van der Waals surface area contributed by atoms with Crippen molar-refractivity contribution in [1.29, 1.82) is 0 Å². The molecule has 3 nitrogen and oxygen atoms in total. The van der Waals surface area contributed by atoms with Gasteiger partial charge >= 0.3 is 0 Å². The molecule has 0 N–H and O–H groups in total. The van der Waals surface area contributed by atoms with Crippen LogP contribution in [0.15, 0.2) is 24.3 Å². The Bertz CT molecular complexity index is 621. The minimum Gasteiger partial charge on any atom is -0.323 e. The molecule has 86 valence electrons. The zero-order chi connectivity index (χ0) is 12.0. The fourth-order valence-electron chi connectivity index (χ4n) is 1.92. The summed E-state index contributed by atoms with van der Waals surface area (Å²) in [6, 6.07) is 8.05. The number of thiophene rings is 1. The van der Waals surface area contributed by atoms with Crippen LogP contribution in [-0.2, 0) is 4.79 Å². The molecule has 1 aromatic heterocycles. The fourth-order valence-corrected chi connectivity index (χ4v) is 3.05. The van der Waals surface area contributed by atoms with Crippen molar-refractivity contribution >= 4 is 33.1 Å². The Balaban J connectivity index is 1.95. The minimum atomic E-state index is -0.0246. The van der Waals surface area contributed by atoms with Crippen LogP contribution in [0.4, 0.5) is 0 Å². The van der Waals surface area contributed by atoms with Gasteiger partial charge in [0.2, 0.25) is 0 Å². The Morgan fingerprint density at radius 3 is 2.76 bits per heavy atom. The fraction of sp³-hybridized carbons (Fsp3) is 0.231. The maximum atomic E-state index is 12.0. The second-order valence-electron chi connectivity index (χ2n) is 4.35. The van der Waals surface area contributed by atoms with Gasteiger partial charge in [-0.2, -0.15) is 0 Å². The lowest BCUT2D eigenvalue weighted by atomic mass is 10.1. The number of nitrogens with zero attached hydrogens (tertiary/aromatic N) is 1. The SMILES string of the molecule is Cc1ccc2cc(C(=O)N3CC(=O)C3)sc2c1. The van der Waals surface area contributed by atoms with Crippen LogP contribution in [0, 0.1) is 6.92 Å². The lowest BCUT2D eigenvalue weighted by Gasteiger charge is -2.28. The molecule has 0 bridgehead atoms. The predicted molar refractivity (Wildman–Crippen MR) is 67.5 cm³/mol. The van der Waals surface area contributed by atoms with Crippen molar-refractivity contribution in [2.75, 3.05) is 13.1 Å². The Kier molecular flexibility index (Phi) is 2.26. The third-order valence-corrected chi connectivity index (χ3v) is 3.99. The van der Waals surface area contributed by atoms with Gasteiger partial charge in [-0.05, 0) is 30.0 Å². The molecule has 3 rings (SSSR count). The van der Waals surface area contributed by atoms with Crippen molar-refractivity contribution in [3.8, 4) is 0 Å². The van der Waals surface area contributed by atoms with Crippen LogP contribution in [-0.4, -0.2) is 29.7 Å². The molecule has 1 fully saturated rings. The van der Waals surface area contributed by atoms with Crippen molar-refractivity contribution in [3.05, 3.63) is 34.7 Å². The third kappa shape index (κ3) is 1.74. The number of Topliss-reactive ketones (excluding diaryl/α,β-unsaturated/α-hetero) is 1. The van der Waals surface area contributed by atoms with Crippen LogP contribution in [0.5, 0.6) is 0 Å². The summed E-state index contributed by atoms with van der Waals surface area (Å²) in [7, 11) is 0. The predicted octanol–water partition coefficient (Wildman–Crippen LogP) is 2.23. The van der Waals surface area contributed by atoms with Gasteiger partial charge < -0.3 is 4.90 Å². The molecule has 17 heavy (non-hydrogen) atoms. The summed E-state index contributed by atoms with van der Waals surface area (Å²) in [5.41, 5.74) is 1.19. The summed E-state index contributed by atoms with van der Waals surface area (Å²) < 4.78 is 1.13. The maximum Gasteiger partial charge on any atom is 0.264 e. The topological polar surface area (TPSA) is 37.4 Å². The zero-order valence-electron chi connectivity index (χ0n) is 9.40. The second kappa shape index (κ2) is 3.67. The standard InChI is InChI=1S/C13H11NO2S/c1-8-2-3-9-5-12(17-11(9)4-8)13(16)14-6-10(15)7-14/h2-5H,6-7H2,1H3. The molecule has 1 saturated heterocycles. The summed E-state index contributed by atoms with van der Waals surface area (Å²) in [4.78, 5) is 25.2. The first kappa shape index (κ1) is 10.5. The van der Waals surface area contributed by atoms with Crippen molar-refractivity contribution in [1.82, 2.24) is 4.90 Å². The molecule has 0 atom stereocenters. The number of hydrogen-bond donors (Lipinski definition) is 0. The normalized spacial score (nSPS) is 15.1. The molecular formula is C13H11NO2S. The molecule has 0 spiro atoms. The van der Waals surface area contributed by atoms with Crippen molar-refractivity contribution in [2.24, 2.45) is 0 Å². The average Bonchev–Trinajstić information content (AvgIpc) is 2.66. The number of ketones is 1. The number of hydrogen-bond acceptors (Lipinski definition) is 3. The smallest absolute Gasteiger partial charge is 0.264 e. The van der Waals surface area contributed by atoms with Gasteiger partial charge in [-0.1, -0.05) is 12.1 Å². The zero-order valence-corrected chi connectivity index (χ0v) is 10.2. The summed E-state index contributed by atoms with van der Waals surface area (Å²) in [6.45, 7) is 2.58. The van der Waals surface area contributed by atoms with E-state index in [0.717, 1.165) is 15.0 Å². The van der Waals surface area contributed by atoms with E-state index in [0.29, 0.717) is 0 Å². The molecule has 2 heterocycles. The number of fused-ring (bicyclic) bond motifs is 1. The van der Waals surface area contributed by atoms with E-state index >= 15 is 0 Å². The molecule has 0 unspecified atom stereocenters. The number of carbonyl (C=O) groups excluding carboxylic acids is 2. The van der Waals surface area contributed by atoms with E-state index in [1.165, 1.54) is 16.9 Å². The summed E-state index contributed by atoms with van der Waals surface area (Å²) >= 11 is 1.50. The number of aryl methyl sites for hydroxylation is 1. The molecule has 0 radical (unpaired) electrons. The van der Waals surface area contributed by atoms with E-state index in [9.17, 15) is 9.59 Å². The van der Waals surface area contributed by atoms with Gasteiger partial charge in [0.1, 0.15) is 0 Å². The van der Waals surface area contributed by atoms with Crippen LogP contribution in [0.2, 0.25) is 0 Å². The summed E-state index contributed by atoms with van der Waals surface area (Å²) in [5, 5.41) is 1.09. The molecule has 1 aliphatic rings. The highest BCUT2D eigenvalue weighted by Crippen LogP contribution is 2.28. The van der Waals surface area contributed by atoms with Crippen molar-refractivity contribution in [3.63, 3.8) is 0 Å². The van der Waals surface area contributed by atoms with E-state index in [1.54, 1.807) is 4.90 Å². The van der Waals surface area contributed by atoms with E-state index in [1.807, 2.05) is 25.1 Å².